The summed E-state index contributed by atoms with van der Waals surface area (Å²) in [6.45, 7) is 3.58. The second-order valence-electron chi connectivity index (χ2n) is 5.40. The molecule has 0 atom stereocenters. The second-order valence-corrected chi connectivity index (χ2v) is 5.40. The van der Waals surface area contributed by atoms with Crippen molar-refractivity contribution in [1.82, 2.24) is 15.1 Å². The molecule has 1 N–H and O–H groups in total. The Morgan fingerprint density at radius 2 is 2.20 bits per heavy atom. The number of hydrogen-bond acceptors (Lipinski definition) is 2. The summed E-state index contributed by atoms with van der Waals surface area (Å²) < 4.78 is 16.1. The molecule has 0 spiro atoms. The van der Waals surface area contributed by atoms with Crippen LogP contribution in [-0.2, 0) is 13.1 Å². The van der Waals surface area contributed by atoms with Gasteiger partial charge in [-0.15, -0.1) is 0 Å². The zero-order chi connectivity index (χ0) is 13.9. The van der Waals surface area contributed by atoms with Crippen LogP contribution in [0.3, 0.4) is 0 Å². The van der Waals surface area contributed by atoms with E-state index in [2.05, 4.69) is 17.3 Å². The van der Waals surface area contributed by atoms with Crippen molar-refractivity contribution < 1.29 is 4.39 Å². The summed E-state index contributed by atoms with van der Waals surface area (Å²) in [4.78, 5) is 0. The summed E-state index contributed by atoms with van der Waals surface area (Å²) in [6, 6.07) is 8.01. The number of hydrogen-bond donors (Lipinski definition) is 1. The second kappa shape index (κ2) is 5.75. The third kappa shape index (κ3) is 2.90. The highest BCUT2D eigenvalue weighted by Gasteiger charge is 2.20. The number of aromatic nitrogens is 2. The minimum atomic E-state index is -0.139. The van der Waals surface area contributed by atoms with Crippen LogP contribution in [0.2, 0.25) is 0 Å². The molecule has 1 aromatic carbocycles. The summed E-state index contributed by atoms with van der Waals surface area (Å²) >= 11 is 0. The fraction of sp³-hybridized carbons (Fsp3) is 0.438. The van der Waals surface area contributed by atoms with Gasteiger partial charge in [-0.3, -0.25) is 4.68 Å². The molecule has 106 valence electrons. The van der Waals surface area contributed by atoms with E-state index in [-0.39, 0.29) is 5.82 Å². The van der Waals surface area contributed by atoms with Gasteiger partial charge in [-0.1, -0.05) is 19.1 Å². The number of halogens is 1. The molecule has 3 nitrogen and oxygen atoms in total. The lowest BCUT2D eigenvalue weighted by atomic mass is 10.1. The lowest BCUT2D eigenvalue weighted by Gasteiger charge is -2.09. The van der Waals surface area contributed by atoms with Crippen LogP contribution in [0.1, 0.15) is 31.7 Å². The Morgan fingerprint density at radius 3 is 2.90 bits per heavy atom. The van der Waals surface area contributed by atoms with Gasteiger partial charge in [0.1, 0.15) is 5.82 Å². The van der Waals surface area contributed by atoms with E-state index in [0.29, 0.717) is 12.6 Å². The molecule has 0 unspecified atom stereocenters. The van der Waals surface area contributed by atoms with Crippen LogP contribution in [0.5, 0.6) is 0 Å². The van der Waals surface area contributed by atoms with E-state index in [0.717, 1.165) is 29.8 Å². The standard InChI is InChI=1S/C16H20FN3/c1-2-9-20-16(7-8-19-20)12-3-4-13(15(17)10-12)11-18-14-5-6-14/h3-4,7-8,10,14,18H,2,5-6,9,11H2,1H3. The van der Waals surface area contributed by atoms with Crippen molar-refractivity contribution in [2.24, 2.45) is 0 Å². The third-order valence-corrected chi connectivity index (χ3v) is 3.66. The van der Waals surface area contributed by atoms with Crippen LogP contribution in [0.25, 0.3) is 11.3 Å². The van der Waals surface area contributed by atoms with Crippen molar-refractivity contribution in [3.63, 3.8) is 0 Å². The number of rotatable bonds is 6. The number of nitrogens with zero attached hydrogens (tertiary/aromatic N) is 2. The molecule has 1 heterocycles. The Bertz CT molecular complexity index is 587. The maximum atomic E-state index is 14.2. The normalized spacial score (nSPS) is 14.7. The lowest BCUT2D eigenvalue weighted by Crippen LogP contribution is -2.16. The SMILES string of the molecule is CCCn1nccc1-c1ccc(CNC2CC2)c(F)c1. The smallest absolute Gasteiger partial charge is 0.128 e. The van der Waals surface area contributed by atoms with Gasteiger partial charge in [0, 0.05) is 36.5 Å². The first-order valence-electron chi connectivity index (χ1n) is 7.32. The molecular formula is C16H20FN3. The Labute approximate surface area is 118 Å². The van der Waals surface area contributed by atoms with E-state index in [1.54, 1.807) is 12.3 Å². The van der Waals surface area contributed by atoms with Crippen LogP contribution in [-0.4, -0.2) is 15.8 Å². The monoisotopic (exact) mass is 273 g/mol. The van der Waals surface area contributed by atoms with E-state index in [1.807, 2.05) is 22.9 Å². The zero-order valence-electron chi connectivity index (χ0n) is 11.8. The van der Waals surface area contributed by atoms with Crippen molar-refractivity contribution in [3.05, 3.63) is 41.8 Å². The zero-order valence-corrected chi connectivity index (χ0v) is 11.8. The van der Waals surface area contributed by atoms with Gasteiger partial charge in [-0.05, 0) is 31.4 Å². The van der Waals surface area contributed by atoms with Gasteiger partial charge in [0.15, 0.2) is 0 Å². The summed E-state index contributed by atoms with van der Waals surface area (Å²) in [5.74, 6) is -0.139. The van der Waals surface area contributed by atoms with Crippen molar-refractivity contribution in [2.45, 2.75) is 45.3 Å². The summed E-state index contributed by atoms with van der Waals surface area (Å²) in [5, 5.41) is 7.63. The number of nitrogens with one attached hydrogen (secondary N) is 1. The van der Waals surface area contributed by atoms with Crippen LogP contribution < -0.4 is 5.32 Å². The predicted octanol–water partition coefficient (Wildman–Crippen LogP) is 3.35. The first-order valence-corrected chi connectivity index (χ1v) is 7.32. The molecule has 1 aliphatic rings. The van der Waals surface area contributed by atoms with Crippen LogP contribution in [0.4, 0.5) is 4.39 Å². The van der Waals surface area contributed by atoms with Crippen LogP contribution in [0, 0.1) is 5.82 Å². The number of benzene rings is 1. The molecule has 0 radical (unpaired) electrons. The first kappa shape index (κ1) is 13.3. The Hall–Kier alpha value is -1.68. The number of aryl methyl sites for hydroxylation is 1. The summed E-state index contributed by atoms with van der Waals surface area (Å²) in [6.07, 6.45) is 5.22. The summed E-state index contributed by atoms with van der Waals surface area (Å²) in [7, 11) is 0. The Morgan fingerprint density at radius 1 is 1.35 bits per heavy atom. The van der Waals surface area contributed by atoms with Gasteiger partial charge in [-0.2, -0.15) is 5.10 Å². The van der Waals surface area contributed by atoms with E-state index in [1.165, 1.54) is 12.8 Å². The molecule has 3 rings (SSSR count). The van der Waals surface area contributed by atoms with Crippen molar-refractivity contribution in [3.8, 4) is 11.3 Å². The van der Waals surface area contributed by atoms with Crippen molar-refractivity contribution >= 4 is 0 Å². The van der Waals surface area contributed by atoms with Gasteiger partial charge in [0.2, 0.25) is 0 Å². The molecule has 2 aromatic rings. The van der Waals surface area contributed by atoms with E-state index in [4.69, 9.17) is 0 Å². The molecule has 0 aliphatic heterocycles. The average molecular weight is 273 g/mol. The van der Waals surface area contributed by atoms with Gasteiger partial charge in [0.05, 0.1) is 5.69 Å². The van der Waals surface area contributed by atoms with Crippen molar-refractivity contribution in [2.75, 3.05) is 0 Å². The molecule has 1 aromatic heterocycles. The van der Waals surface area contributed by atoms with Crippen LogP contribution in [0.15, 0.2) is 30.5 Å². The minimum Gasteiger partial charge on any atom is -0.310 e. The van der Waals surface area contributed by atoms with Crippen LogP contribution >= 0.6 is 0 Å². The van der Waals surface area contributed by atoms with Gasteiger partial charge < -0.3 is 5.32 Å². The quantitative estimate of drug-likeness (QED) is 0.874. The largest absolute Gasteiger partial charge is 0.310 e. The molecule has 0 bridgehead atoms. The highest BCUT2D eigenvalue weighted by Crippen LogP contribution is 2.23. The molecule has 0 amide bonds. The molecule has 1 saturated carbocycles. The molecule has 1 aliphatic carbocycles. The topological polar surface area (TPSA) is 29.9 Å². The maximum absolute atomic E-state index is 14.2. The van der Waals surface area contributed by atoms with E-state index >= 15 is 0 Å². The van der Waals surface area contributed by atoms with E-state index < -0.39 is 0 Å². The highest BCUT2D eigenvalue weighted by molar-refractivity contribution is 5.59. The van der Waals surface area contributed by atoms with Gasteiger partial charge in [0.25, 0.3) is 0 Å². The molecule has 1 fully saturated rings. The third-order valence-electron chi connectivity index (χ3n) is 3.66. The fourth-order valence-corrected chi connectivity index (χ4v) is 2.36. The molecular weight excluding hydrogens is 253 g/mol. The summed E-state index contributed by atoms with van der Waals surface area (Å²) in [5.41, 5.74) is 2.61. The Balaban J connectivity index is 1.79. The lowest BCUT2D eigenvalue weighted by molar-refractivity contribution is 0.585. The van der Waals surface area contributed by atoms with Crippen molar-refractivity contribution in [1.29, 1.82) is 0 Å². The first-order chi connectivity index (χ1) is 9.78. The molecule has 4 heteroatoms. The van der Waals surface area contributed by atoms with Gasteiger partial charge >= 0.3 is 0 Å². The highest BCUT2D eigenvalue weighted by atomic mass is 19.1. The molecule has 20 heavy (non-hydrogen) atoms. The minimum absolute atomic E-state index is 0.139. The van der Waals surface area contributed by atoms with Gasteiger partial charge in [-0.25, -0.2) is 4.39 Å². The Kier molecular flexibility index (Phi) is 3.83. The predicted molar refractivity (Wildman–Crippen MR) is 77.8 cm³/mol. The van der Waals surface area contributed by atoms with E-state index in [9.17, 15) is 4.39 Å². The fourth-order valence-electron chi connectivity index (χ4n) is 2.36. The average Bonchev–Trinajstić information content (AvgIpc) is 3.16. The molecule has 0 saturated heterocycles. The maximum Gasteiger partial charge on any atom is 0.128 e.